The minimum Gasteiger partial charge on any atom is -0.508 e. The van der Waals surface area contributed by atoms with Crippen molar-refractivity contribution in [2.24, 2.45) is 4.99 Å². The van der Waals surface area contributed by atoms with Crippen molar-refractivity contribution in [3.8, 4) is 11.8 Å². The standard InChI is InChI=1S/C20H18N2O4/c1-3-25-19(24)20(17-10-9-16(23)11-15(17)12-21)13(2)26-18(22-20)14-7-5-4-6-8-14/h4-11,13,23H,3H2,1-2H3/t13-,20+/m1/s1. The molecule has 1 N–H and O–H groups in total. The number of ether oxygens (including phenoxy) is 2. The van der Waals surface area contributed by atoms with Crippen molar-refractivity contribution in [2.45, 2.75) is 25.5 Å². The van der Waals surface area contributed by atoms with E-state index in [0.29, 0.717) is 11.5 Å². The second-order valence-corrected chi connectivity index (χ2v) is 5.87. The average Bonchev–Trinajstić information content (AvgIpc) is 3.01. The summed E-state index contributed by atoms with van der Waals surface area (Å²) in [5, 5.41) is 19.2. The molecule has 3 rings (SSSR count). The number of nitrogens with zero attached hydrogens (tertiary/aromatic N) is 2. The first-order chi connectivity index (χ1) is 12.5. The summed E-state index contributed by atoms with van der Waals surface area (Å²) in [5.41, 5.74) is -0.302. The van der Waals surface area contributed by atoms with E-state index in [4.69, 9.17) is 9.47 Å². The van der Waals surface area contributed by atoms with Gasteiger partial charge >= 0.3 is 5.97 Å². The van der Waals surface area contributed by atoms with Gasteiger partial charge in [-0.25, -0.2) is 9.79 Å². The second-order valence-electron chi connectivity index (χ2n) is 5.87. The van der Waals surface area contributed by atoms with E-state index >= 15 is 0 Å². The van der Waals surface area contributed by atoms with Crippen LogP contribution in [0.15, 0.2) is 53.5 Å². The number of carbonyl (C=O) groups is 1. The number of hydrogen-bond donors (Lipinski definition) is 1. The molecular formula is C20H18N2O4. The molecule has 2 aromatic rings. The van der Waals surface area contributed by atoms with Gasteiger partial charge in [-0.3, -0.25) is 0 Å². The van der Waals surface area contributed by atoms with Crippen molar-refractivity contribution < 1.29 is 19.4 Å². The fraction of sp³-hybridized carbons (Fsp3) is 0.250. The maximum Gasteiger partial charge on any atom is 0.342 e. The van der Waals surface area contributed by atoms with E-state index in [9.17, 15) is 15.2 Å². The first kappa shape index (κ1) is 17.5. The van der Waals surface area contributed by atoms with Gasteiger partial charge in [-0.05, 0) is 38.1 Å². The SMILES string of the molecule is CCOC(=O)[C@]1(c2ccc(O)cc2C#N)N=C(c2ccccc2)O[C@@H]1C. The van der Waals surface area contributed by atoms with Crippen LogP contribution in [0.3, 0.4) is 0 Å². The van der Waals surface area contributed by atoms with Crippen LogP contribution in [-0.4, -0.2) is 29.7 Å². The number of carbonyl (C=O) groups excluding carboxylic acids is 1. The summed E-state index contributed by atoms with van der Waals surface area (Å²) in [7, 11) is 0. The lowest BCUT2D eigenvalue weighted by molar-refractivity contribution is -0.152. The zero-order chi connectivity index (χ0) is 18.7. The Hall–Kier alpha value is -3.33. The van der Waals surface area contributed by atoms with Gasteiger partial charge in [-0.1, -0.05) is 24.3 Å². The number of phenolic OH excluding ortho intramolecular Hbond substituents is 1. The van der Waals surface area contributed by atoms with E-state index in [1.54, 1.807) is 13.8 Å². The Morgan fingerprint density at radius 1 is 1.35 bits per heavy atom. The molecule has 0 amide bonds. The molecule has 2 atom stereocenters. The number of esters is 1. The summed E-state index contributed by atoms with van der Waals surface area (Å²) in [4.78, 5) is 17.5. The van der Waals surface area contributed by atoms with Crippen LogP contribution in [0.5, 0.6) is 5.75 Å². The van der Waals surface area contributed by atoms with Crippen molar-refractivity contribution >= 4 is 11.9 Å². The van der Waals surface area contributed by atoms with Crippen molar-refractivity contribution in [3.63, 3.8) is 0 Å². The fourth-order valence-corrected chi connectivity index (χ4v) is 3.04. The molecule has 0 aromatic heterocycles. The Bertz CT molecular complexity index is 902. The predicted molar refractivity (Wildman–Crippen MR) is 94.7 cm³/mol. The van der Waals surface area contributed by atoms with Crippen LogP contribution < -0.4 is 0 Å². The molecule has 0 aliphatic carbocycles. The monoisotopic (exact) mass is 350 g/mol. The summed E-state index contributed by atoms with van der Waals surface area (Å²) < 4.78 is 11.2. The highest BCUT2D eigenvalue weighted by Gasteiger charge is 2.54. The molecule has 6 heteroatoms. The molecule has 0 unspecified atom stereocenters. The zero-order valence-corrected chi connectivity index (χ0v) is 14.5. The Morgan fingerprint density at radius 2 is 2.08 bits per heavy atom. The highest BCUT2D eigenvalue weighted by atomic mass is 16.5. The van der Waals surface area contributed by atoms with Crippen LogP contribution in [-0.2, 0) is 19.8 Å². The lowest BCUT2D eigenvalue weighted by Gasteiger charge is -2.28. The Labute approximate surface area is 151 Å². The zero-order valence-electron chi connectivity index (χ0n) is 14.5. The molecule has 132 valence electrons. The van der Waals surface area contributed by atoms with Crippen molar-refractivity contribution in [3.05, 3.63) is 65.2 Å². The van der Waals surface area contributed by atoms with Gasteiger partial charge in [0.05, 0.1) is 18.2 Å². The minimum atomic E-state index is -1.51. The highest BCUT2D eigenvalue weighted by molar-refractivity contribution is 6.00. The lowest BCUT2D eigenvalue weighted by atomic mass is 9.83. The normalized spacial score (nSPS) is 21.4. The minimum absolute atomic E-state index is 0.0665. The first-order valence-corrected chi connectivity index (χ1v) is 8.25. The van der Waals surface area contributed by atoms with Gasteiger partial charge in [-0.15, -0.1) is 0 Å². The quantitative estimate of drug-likeness (QED) is 0.856. The summed E-state index contributed by atoms with van der Waals surface area (Å²) in [5.74, 6) is -0.355. The van der Waals surface area contributed by atoms with Crippen LogP contribution in [0.4, 0.5) is 0 Å². The molecule has 0 saturated carbocycles. The Balaban J connectivity index is 2.22. The third kappa shape index (κ3) is 2.78. The molecule has 0 fully saturated rings. The van der Waals surface area contributed by atoms with Crippen LogP contribution in [0, 0.1) is 11.3 Å². The molecule has 0 radical (unpaired) electrons. The van der Waals surface area contributed by atoms with Crippen molar-refractivity contribution in [1.82, 2.24) is 0 Å². The maximum atomic E-state index is 12.9. The van der Waals surface area contributed by atoms with Crippen molar-refractivity contribution in [1.29, 1.82) is 5.26 Å². The van der Waals surface area contributed by atoms with Gasteiger partial charge in [0.2, 0.25) is 11.4 Å². The molecule has 6 nitrogen and oxygen atoms in total. The van der Waals surface area contributed by atoms with Gasteiger partial charge in [0, 0.05) is 11.1 Å². The van der Waals surface area contributed by atoms with Gasteiger partial charge in [0.25, 0.3) is 0 Å². The van der Waals surface area contributed by atoms with Crippen LogP contribution in [0.2, 0.25) is 0 Å². The number of aliphatic imine (C=N–C) groups is 1. The van der Waals surface area contributed by atoms with E-state index < -0.39 is 17.6 Å². The molecule has 2 aromatic carbocycles. The number of benzene rings is 2. The van der Waals surface area contributed by atoms with Crippen LogP contribution in [0.25, 0.3) is 0 Å². The smallest absolute Gasteiger partial charge is 0.342 e. The second kappa shape index (κ2) is 6.89. The first-order valence-electron chi connectivity index (χ1n) is 8.25. The Morgan fingerprint density at radius 3 is 2.73 bits per heavy atom. The van der Waals surface area contributed by atoms with Gasteiger partial charge in [-0.2, -0.15) is 5.26 Å². The third-order valence-corrected chi connectivity index (χ3v) is 4.30. The molecule has 1 aliphatic rings. The summed E-state index contributed by atoms with van der Waals surface area (Å²) >= 11 is 0. The molecule has 26 heavy (non-hydrogen) atoms. The number of nitriles is 1. The largest absolute Gasteiger partial charge is 0.508 e. The van der Waals surface area contributed by atoms with Gasteiger partial charge in [0.1, 0.15) is 11.9 Å². The highest BCUT2D eigenvalue weighted by Crippen LogP contribution is 2.41. The molecular weight excluding hydrogens is 332 g/mol. The summed E-state index contributed by atoms with van der Waals surface area (Å²) in [6, 6.07) is 15.5. The maximum absolute atomic E-state index is 12.9. The fourth-order valence-electron chi connectivity index (χ4n) is 3.04. The summed E-state index contributed by atoms with van der Waals surface area (Å²) in [6.07, 6.45) is -0.687. The van der Waals surface area contributed by atoms with Crippen molar-refractivity contribution in [2.75, 3.05) is 6.61 Å². The Kier molecular flexibility index (Phi) is 4.63. The van der Waals surface area contributed by atoms with Gasteiger partial charge < -0.3 is 14.6 Å². The van der Waals surface area contributed by atoms with E-state index in [0.717, 1.165) is 5.56 Å². The number of phenols is 1. The van der Waals surface area contributed by atoms with E-state index in [1.165, 1.54) is 18.2 Å². The number of rotatable bonds is 4. The van der Waals surface area contributed by atoms with E-state index in [-0.39, 0.29) is 17.9 Å². The third-order valence-electron chi connectivity index (χ3n) is 4.30. The van der Waals surface area contributed by atoms with Crippen LogP contribution >= 0.6 is 0 Å². The topological polar surface area (TPSA) is 91.9 Å². The molecule has 0 saturated heterocycles. The van der Waals surface area contributed by atoms with Gasteiger partial charge in [0.15, 0.2) is 0 Å². The average molecular weight is 350 g/mol. The predicted octanol–water partition coefficient (Wildman–Crippen LogP) is 2.89. The lowest BCUT2D eigenvalue weighted by Crippen LogP contribution is -2.43. The van der Waals surface area contributed by atoms with Crippen LogP contribution in [0.1, 0.15) is 30.5 Å². The number of aromatic hydroxyl groups is 1. The molecule has 1 aliphatic heterocycles. The van der Waals surface area contributed by atoms with E-state index in [1.807, 2.05) is 36.4 Å². The molecule has 0 bridgehead atoms. The molecule has 0 spiro atoms. The number of hydrogen-bond acceptors (Lipinski definition) is 6. The van der Waals surface area contributed by atoms with E-state index in [2.05, 4.69) is 4.99 Å². The summed E-state index contributed by atoms with van der Waals surface area (Å²) in [6.45, 7) is 3.59. The molecule has 1 heterocycles.